The van der Waals surface area contributed by atoms with Crippen molar-refractivity contribution >= 4 is 12.0 Å². The van der Waals surface area contributed by atoms with Crippen molar-refractivity contribution in [2.45, 2.75) is 52.1 Å². The predicted molar refractivity (Wildman–Crippen MR) is 79.9 cm³/mol. The molecule has 0 aromatic carbocycles. The number of aliphatic carboxylic acids is 1. The van der Waals surface area contributed by atoms with Crippen molar-refractivity contribution in [2.75, 3.05) is 0 Å². The Labute approximate surface area is 125 Å². The van der Waals surface area contributed by atoms with Crippen LogP contribution in [0.25, 0.3) is 0 Å². The number of amides is 2. The van der Waals surface area contributed by atoms with E-state index in [4.69, 9.17) is 5.11 Å². The van der Waals surface area contributed by atoms with E-state index in [1.807, 2.05) is 19.1 Å². The van der Waals surface area contributed by atoms with Gasteiger partial charge < -0.3 is 15.7 Å². The summed E-state index contributed by atoms with van der Waals surface area (Å²) in [7, 11) is 0. The van der Waals surface area contributed by atoms with Crippen LogP contribution >= 0.6 is 0 Å². The molecule has 3 N–H and O–H groups in total. The molecule has 1 heterocycles. The smallest absolute Gasteiger partial charge is 0.315 e. The van der Waals surface area contributed by atoms with Crippen molar-refractivity contribution < 1.29 is 14.7 Å². The van der Waals surface area contributed by atoms with Crippen LogP contribution in [0.4, 0.5) is 4.79 Å². The van der Waals surface area contributed by atoms with Crippen LogP contribution < -0.4 is 10.6 Å². The molecule has 1 aromatic rings. The van der Waals surface area contributed by atoms with Crippen molar-refractivity contribution in [1.29, 1.82) is 0 Å². The molecule has 1 aromatic heterocycles. The van der Waals surface area contributed by atoms with Gasteiger partial charge in [-0.3, -0.25) is 9.78 Å². The zero-order valence-electron chi connectivity index (χ0n) is 12.8. The van der Waals surface area contributed by atoms with Crippen molar-refractivity contribution in [1.82, 2.24) is 15.6 Å². The highest BCUT2D eigenvalue weighted by Crippen LogP contribution is 2.11. The van der Waals surface area contributed by atoms with E-state index >= 15 is 0 Å². The number of aromatic nitrogens is 1. The fourth-order valence-corrected chi connectivity index (χ4v) is 1.95. The summed E-state index contributed by atoms with van der Waals surface area (Å²) in [5.74, 6) is -0.869. The van der Waals surface area contributed by atoms with E-state index in [-0.39, 0.29) is 12.5 Å². The van der Waals surface area contributed by atoms with Crippen molar-refractivity contribution in [3.05, 3.63) is 29.6 Å². The van der Waals surface area contributed by atoms with E-state index in [0.29, 0.717) is 13.0 Å². The van der Waals surface area contributed by atoms with Crippen LogP contribution in [0.2, 0.25) is 0 Å². The van der Waals surface area contributed by atoms with Gasteiger partial charge in [-0.1, -0.05) is 13.0 Å². The highest BCUT2D eigenvalue weighted by Gasteiger charge is 2.21. The van der Waals surface area contributed by atoms with Gasteiger partial charge in [0.1, 0.15) is 0 Å². The molecule has 0 spiro atoms. The molecule has 6 heteroatoms. The number of rotatable bonds is 7. The minimum absolute atomic E-state index is 0.0213. The topological polar surface area (TPSA) is 91.3 Å². The molecular formula is C15H23N3O3. The Kier molecular flexibility index (Phi) is 6.14. The van der Waals surface area contributed by atoms with Gasteiger partial charge in [-0.25, -0.2) is 4.79 Å². The lowest BCUT2D eigenvalue weighted by Gasteiger charge is -2.25. The highest BCUT2D eigenvalue weighted by molar-refractivity contribution is 5.74. The normalized spacial score (nSPS) is 11.0. The Morgan fingerprint density at radius 1 is 1.38 bits per heavy atom. The molecular weight excluding hydrogens is 270 g/mol. The van der Waals surface area contributed by atoms with Crippen molar-refractivity contribution in [3.63, 3.8) is 0 Å². The summed E-state index contributed by atoms with van der Waals surface area (Å²) in [4.78, 5) is 26.7. The van der Waals surface area contributed by atoms with Gasteiger partial charge in [-0.05, 0) is 38.3 Å². The van der Waals surface area contributed by atoms with Gasteiger partial charge in [0, 0.05) is 18.2 Å². The van der Waals surface area contributed by atoms with Crippen LogP contribution in [0.15, 0.2) is 18.3 Å². The van der Waals surface area contributed by atoms with Gasteiger partial charge in [0.2, 0.25) is 0 Å². The molecule has 0 aliphatic rings. The third kappa shape index (κ3) is 6.25. The monoisotopic (exact) mass is 293 g/mol. The number of urea groups is 1. The second-order valence-electron chi connectivity index (χ2n) is 5.55. The van der Waals surface area contributed by atoms with E-state index in [1.165, 1.54) is 0 Å². The number of pyridine rings is 1. The fourth-order valence-electron chi connectivity index (χ4n) is 1.95. The van der Waals surface area contributed by atoms with E-state index in [0.717, 1.165) is 17.7 Å². The van der Waals surface area contributed by atoms with Crippen molar-refractivity contribution in [3.8, 4) is 0 Å². The third-order valence-electron chi connectivity index (χ3n) is 3.20. The molecule has 1 rings (SSSR count). The number of carboxylic acid groups (broad SMARTS) is 1. The molecule has 0 bridgehead atoms. The summed E-state index contributed by atoms with van der Waals surface area (Å²) in [6, 6.07) is 3.54. The maximum Gasteiger partial charge on any atom is 0.315 e. The Hall–Kier alpha value is -2.11. The summed E-state index contributed by atoms with van der Waals surface area (Å²) in [5, 5.41) is 14.2. The maximum absolute atomic E-state index is 11.9. The van der Waals surface area contributed by atoms with Crippen LogP contribution in [0.3, 0.4) is 0 Å². The average Bonchev–Trinajstić information content (AvgIpc) is 2.43. The highest BCUT2D eigenvalue weighted by atomic mass is 16.4. The molecule has 0 saturated carbocycles. The Morgan fingerprint density at radius 2 is 2.10 bits per heavy atom. The number of aryl methyl sites for hydroxylation is 1. The first-order valence-corrected chi connectivity index (χ1v) is 7.04. The molecule has 0 unspecified atom stereocenters. The number of nitrogens with one attached hydrogen (secondary N) is 2. The molecule has 0 aliphatic heterocycles. The van der Waals surface area contributed by atoms with Crippen LogP contribution in [0, 0.1) is 0 Å². The summed E-state index contributed by atoms with van der Waals surface area (Å²) < 4.78 is 0. The quantitative estimate of drug-likeness (QED) is 0.718. The fraction of sp³-hybridized carbons (Fsp3) is 0.533. The second-order valence-corrected chi connectivity index (χ2v) is 5.55. The number of carbonyl (C=O) groups is 2. The van der Waals surface area contributed by atoms with E-state index in [2.05, 4.69) is 15.6 Å². The van der Waals surface area contributed by atoms with Crippen molar-refractivity contribution in [2.24, 2.45) is 0 Å². The molecule has 6 nitrogen and oxygen atoms in total. The Balaban J connectivity index is 2.48. The molecule has 0 fully saturated rings. The summed E-state index contributed by atoms with van der Waals surface area (Å²) in [6.07, 6.45) is 2.95. The first-order valence-electron chi connectivity index (χ1n) is 7.04. The first-order chi connectivity index (χ1) is 9.84. The molecule has 0 radical (unpaired) electrons. The second kappa shape index (κ2) is 7.61. The predicted octanol–water partition coefficient (Wildman–Crippen LogP) is 2.09. The Morgan fingerprint density at radius 3 is 2.71 bits per heavy atom. The molecule has 0 saturated heterocycles. The lowest BCUT2D eigenvalue weighted by atomic mass is 9.99. The van der Waals surface area contributed by atoms with Crippen LogP contribution in [0.1, 0.15) is 44.9 Å². The maximum atomic E-state index is 11.9. The molecule has 116 valence electrons. The molecule has 2 amide bonds. The average molecular weight is 293 g/mol. The van der Waals surface area contributed by atoms with E-state index in [9.17, 15) is 9.59 Å². The number of carbonyl (C=O) groups excluding carboxylic acids is 1. The SMILES string of the molecule is CCc1cccnc1CNC(=O)NC(C)(C)CCC(=O)O. The standard InChI is InChI=1S/C15H23N3O3/c1-4-11-6-5-9-16-12(11)10-17-14(21)18-15(2,3)8-7-13(19)20/h5-6,9H,4,7-8,10H2,1-3H3,(H,19,20)(H2,17,18,21). The minimum atomic E-state index is -0.869. The lowest BCUT2D eigenvalue weighted by Crippen LogP contribution is -2.48. The van der Waals surface area contributed by atoms with E-state index < -0.39 is 11.5 Å². The van der Waals surface area contributed by atoms with Crippen LogP contribution in [0.5, 0.6) is 0 Å². The summed E-state index contributed by atoms with van der Waals surface area (Å²) in [5.41, 5.74) is 1.38. The summed E-state index contributed by atoms with van der Waals surface area (Å²) in [6.45, 7) is 5.99. The number of nitrogens with zero attached hydrogens (tertiary/aromatic N) is 1. The van der Waals surface area contributed by atoms with Gasteiger partial charge in [0.15, 0.2) is 0 Å². The van der Waals surface area contributed by atoms with Gasteiger partial charge >= 0.3 is 12.0 Å². The lowest BCUT2D eigenvalue weighted by molar-refractivity contribution is -0.137. The zero-order chi connectivity index (χ0) is 15.9. The summed E-state index contributed by atoms with van der Waals surface area (Å²) >= 11 is 0. The van der Waals surface area contributed by atoms with Gasteiger partial charge in [-0.15, -0.1) is 0 Å². The third-order valence-corrected chi connectivity index (χ3v) is 3.20. The van der Waals surface area contributed by atoms with Gasteiger partial charge in [-0.2, -0.15) is 0 Å². The molecule has 21 heavy (non-hydrogen) atoms. The molecule has 0 aliphatic carbocycles. The van der Waals surface area contributed by atoms with E-state index in [1.54, 1.807) is 20.0 Å². The van der Waals surface area contributed by atoms with Gasteiger partial charge in [0.25, 0.3) is 0 Å². The van der Waals surface area contributed by atoms with Crippen LogP contribution in [-0.2, 0) is 17.8 Å². The van der Waals surface area contributed by atoms with Crippen LogP contribution in [-0.4, -0.2) is 27.6 Å². The minimum Gasteiger partial charge on any atom is -0.481 e. The number of hydrogen-bond donors (Lipinski definition) is 3. The molecule has 0 atom stereocenters. The first kappa shape index (κ1) is 16.9. The van der Waals surface area contributed by atoms with Gasteiger partial charge in [0.05, 0.1) is 12.2 Å². The number of hydrogen-bond acceptors (Lipinski definition) is 3. The number of carboxylic acids is 1. The zero-order valence-corrected chi connectivity index (χ0v) is 12.8. The Bertz CT molecular complexity index is 501. The largest absolute Gasteiger partial charge is 0.481 e.